The molecule has 0 fully saturated rings. The van der Waals surface area contributed by atoms with Crippen LogP contribution < -0.4 is 0 Å². The van der Waals surface area contributed by atoms with Crippen molar-refractivity contribution < 1.29 is 42.1 Å². The first-order valence-corrected chi connectivity index (χ1v) is 35.3. The summed E-state index contributed by atoms with van der Waals surface area (Å²) in [5.41, 5.74) is 0. The summed E-state index contributed by atoms with van der Waals surface area (Å²) >= 11 is 0. The normalized spacial score (nSPS) is 13.7. The minimum Gasteiger partial charge on any atom is -0.462 e. The van der Waals surface area contributed by atoms with Crippen LogP contribution in [0.15, 0.2) is 85.1 Å². The molecule has 9 nitrogen and oxygen atoms in total. The van der Waals surface area contributed by atoms with Gasteiger partial charge < -0.3 is 18.9 Å². The molecule has 0 saturated heterocycles. The van der Waals surface area contributed by atoms with E-state index in [1.165, 1.54) is 180 Å². The monoisotopic (exact) mass is 1150 g/mol. The van der Waals surface area contributed by atoms with Crippen LogP contribution >= 0.6 is 7.82 Å². The van der Waals surface area contributed by atoms with Crippen molar-refractivity contribution in [2.45, 2.75) is 309 Å². The van der Waals surface area contributed by atoms with Gasteiger partial charge in [-0.15, -0.1) is 0 Å². The van der Waals surface area contributed by atoms with Crippen LogP contribution in [0.25, 0.3) is 0 Å². The van der Waals surface area contributed by atoms with E-state index in [1.54, 1.807) is 0 Å². The molecule has 0 bridgehead atoms. The first-order chi connectivity index (χ1) is 39.5. The average molecular weight is 1160 g/mol. The number of allylic oxidation sites excluding steroid dienone is 14. The van der Waals surface area contributed by atoms with Crippen molar-refractivity contribution in [2.75, 3.05) is 47.5 Å². The van der Waals surface area contributed by atoms with Gasteiger partial charge in [-0.2, -0.15) is 0 Å². The van der Waals surface area contributed by atoms with Crippen LogP contribution in [0.2, 0.25) is 0 Å². The first kappa shape index (κ1) is 78.2. The highest BCUT2D eigenvalue weighted by Gasteiger charge is 2.27. The van der Waals surface area contributed by atoms with Crippen molar-refractivity contribution in [1.82, 2.24) is 0 Å². The predicted molar refractivity (Wildman–Crippen MR) is 349 cm³/mol. The minimum absolute atomic E-state index is 0.0269. The topological polar surface area (TPSA) is 108 Å². The van der Waals surface area contributed by atoms with E-state index in [0.29, 0.717) is 17.4 Å². The van der Waals surface area contributed by atoms with Gasteiger partial charge in [0.2, 0.25) is 0 Å². The molecule has 0 spiro atoms. The number of carbonyl (C=O) groups excluding carboxylic acids is 2. The molecule has 0 amide bonds. The van der Waals surface area contributed by atoms with Crippen LogP contribution in [0.5, 0.6) is 0 Å². The van der Waals surface area contributed by atoms with Gasteiger partial charge in [0.15, 0.2) is 6.10 Å². The van der Waals surface area contributed by atoms with Crippen LogP contribution in [0, 0.1) is 0 Å². The van der Waals surface area contributed by atoms with Crippen LogP contribution in [0.1, 0.15) is 303 Å². The fraction of sp³-hybridized carbons (Fsp3) is 0.775. The number of nitrogens with zero attached hydrogens (tertiary/aromatic N) is 1. The van der Waals surface area contributed by atoms with Crippen molar-refractivity contribution in [1.29, 1.82) is 0 Å². The molecule has 0 aromatic carbocycles. The zero-order valence-electron chi connectivity index (χ0n) is 53.5. The maximum Gasteiger partial charge on any atom is 0.472 e. The smallest absolute Gasteiger partial charge is 0.462 e. The lowest BCUT2D eigenvalue weighted by Crippen LogP contribution is -2.37. The van der Waals surface area contributed by atoms with E-state index in [9.17, 15) is 19.0 Å². The molecule has 2 unspecified atom stereocenters. The second-order valence-corrected chi connectivity index (χ2v) is 25.3. The number of phosphoric ester groups is 1. The van der Waals surface area contributed by atoms with Crippen LogP contribution in [-0.2, 0) is 32.7 Å². The summed E-state index contributed by atoms with van der Waals surface area (Å²) in [6.45, 7) is 4.34. The van der Waals surface area contributed by atoms with Crippen LogP contribution in [-0.4, -0.2) is 74.9 Å². The number of rotatable bonds is 62. The van der Waals surface area contributed by atoms with Crippen molar-refractivity contribution >= 4 is 19.8 Å². The molecule has 470 valence electrons. The SMILES string of the molecule is CC/C=C\C/C=C\C/C=C\C/C=C\C/C=C\C/C=C\C/C=C\CCCCCCCCCC(=O)OC(COC(=O)CCCCCCCCCCCCCCCCCCCCCCCCCCCCCC)COP(=O)(O)OCC[N+](C)(C)C. The third kappa shape index (κ3) is 66.2. The number of phosphoric acid groups is 1. The molecular weight excluding hydrogens is 1030 g/mol. The summed E-state index contributed by atoms with van der Waals surface area (Å²) in [6, 6.07) is 0. The Bertz CT molecular complexity index is 1640. The number of hydrogen-bond acceptors (Lipinski definition) is 7. The molecule has 10 heteroatoms. The number of hydrogen-bond donors (Lipinski definition) is 1. The highest BCUT2D eigenvalue weighted by Crippen LogP contribution is 2.43. The first-order valence-electron chi connectivity index (χ1n) is 33.8. The highest BCUT2D eigenvalue weighted by atomic mass is 31.2. The molecule has 1 N–H and O–H groups in total. The summed E-state index contributed by atoms with van der Waals surface area (Å²) in [5.74, 6) is -0.802. The average Bonchev–Trinajstić information content (AvgIpc) is 3.43. The van der Waals surface area contributed by atoms with Crippen LogP contribution in [0.4, 0.5) is 0 Å². The molecule has 0 aromatic rings. The van der Waals surface area contributed by atoms with Gasteiger partial charge in [-0.3, -0.25) is 18.6 Å². The van der Waals surface area contributed by atoms with Gasteiger partial charge in [-0.1, -0.05) is 304 Å². The van der Waals surface area contributed by atoms with Gasteiger partial charge in [-0.25, -0.2) is 4.57 Å². The van der Waals surface area contributed by atoms with Gasteiger partial charge in [0.25, 0.3) is 0 Å². The summed E-state index contributed by atoms with van der Waals surface area (Å²) in [7, 11) is 1.47. The standard InChI is InChI=1S/C71H128NO8P/c1-6-8-10-12-14-16-18-20-22-24-26-28-30-32-34-36-38-40-42-44-46-48-50-52-54-56-58-60-62-64-71(74)80-69(68-79-81(75,76)78-66-65-72(3,4)5)67-77-70(73)63-61-59-57-55-53-51-49-47-45-43-41-39-37-35-33-31-29-27-25-23-21-19-17-15-13-11-9-7-2/h8,10,14,16,20,22,26,28,32,34,38,40,44,46,69H,6-7,9,11-13,15,17-19,21,23-25,27,29-31,33,35-37,39,41-43,45,47-68H2,1-5H3/p+1/b10-8-,16-14-,22-20-,28-26-,34-32-,40-38-,46-44-. The molecule has 0 rings (SSSR count). The largest absolute Gasteiger partial charge is 0.472 e. The minimum atomic E-state index is -4.40. The molecule has 0 aliphatic carbocycles. The summed E-state index contributed by atoms with van der Waals surface area (Å²) in [6.07, 6.45) is 83.9. The van der Waals surface area contributed by atoms with Gasteiger partial charge in [0, 0.05) is 12.8 Å². The summed E-state index contributed by atoms with van der Waals surface area (Å²) < 4.78 is 34.7. The molecule has 0 aliphatic rings. The van der Waals surface area contributed by atoms with Gasteiger partial charge in [0.1, 0.15) is 19.8 Å². The summed E-state index contributed by atoms with van der Waals surface area (Å²) in [5, 5.41) is 0. The second kappa shape index (κ2) is 61.7. The Morgan fingerprint density at radius 2 is 0.704 bits per heavy atom. The fourth-order valence-corrected chi connectivity index (χ4v) is 10.3. The van der Waals surface area contributed by atoms with E-state index in [-0.39, 0.29) is 32.0 Å². The third-order valence-corrected chi connectivity index (χ3v) is 15.7. The Balaban J connectivity index is 4.10. The van der Waals surface area contributed by atoms with Crippen molar-refractivity contribution in [2.24, 2.45) is 0 Å². The predicted octanol–water partition coefficient (Wildman–Crippen LogP) is 21.8. The highest BCUT2D eigenvalue weighted by molar-refractivity contribution is 7.47. The van der Waals surface area contributed by atoms with E-state index in [4.69, 9.17) is 18.5 Å². The number of quaternary nitrogens is 1. The Hall–Kier alpha value is -2.81. The summed E-state index contributed by atoms with van der Waals surface area (Å²) in [4.78, 5) is 35.8. The fourth-order valence-electron chi connectivity index (χ4n) is 9.53. The van der Waals surface area contributed by atoms with Gasteiger partial charge in [0.05, 0.1) is 27.7 Å². The Morgan fingerprint density at radius 1 is 0.395 bits per heavy atom. The van der Waals surface area contributed by atoms with Crippen molar-refractivity contribution in [3.05, 3.63) is 85.1 Å². The van der Waals surface area contributed by atoms with Gasteiger partial charge in [-0.05, 0) is 70.6 Å². The van der Waals surface area contributed by atoms with E-state index < -0.39 is 26.5 Å². The molecular formula is C71H129NO8P+. The number of unbranched alkanes of at least 4 members (excludes halogenated alkanes) is 34. The van der Waals surface area contributed by atoms with Gasteiger partial charge >= 0.3 is 19.8 Å². The number of likely N-dealkylation sites (N-methyl/N-ethyl adjacent to an activating group) is 1. The third-order valence-electron chi connectivity index (χ3n) is 14.7. The Labute approximate surface area is 501 Å². The maximum absolute atomic E-state index is 12.9. The molecule has 81 heavy (non-hydrogen) atoms. The Kier molecular flexibility index (Phi) is 59.6. The van der Waals surface area contributed by atoms with E-state index >= 15 is 0 Å². The zero-order valence-corrected chi connectivity index (χ0v) is 54.4. The molecule has 0 radical (unpaired) electrons. The molecule has 2 atom stereocenters. The molecule has 0 aromatic heterocycles. The Morgan fingerprint density at radius 3 is 1.05 bits per heavy atom. The number of esters is 2. The number of carbonyl (C=O) groups is 2. The van der Waals surface area contributed by atoms with Crippen molar-refractivity contribution in [3.8, 4) is 0 Å². The zero-order chi connectivity index (χ0) is 59.1. The van der Waals surface area contributed by atoms with Crippen molar-refractivity contribution in [3.63, 3.8) is 0 Å². The lowest BCUT2D eigenvalue weighted by atomic mass is 10.0. The second-order valence-electron chi connectivity index (χ2n) is 23.8. The molecule has 0 heterocycles. The lowest BCUT2D eigenvalue weighted by molar-refractivity contribution is -0.870. The maximum atomic E-state index is 12.9. The van der Waals surface area contributed by atoms with E-state index in [1.807, 2.05) is 21.1 Å². The quantitative estimate of drug-likeness (QED) is 0.0211. The van der Waals surface area contributed by atoms with Crippen LogP contribution in [0.3, 0.4) is 0 Å². The number of ether oxygens (including phenoxy) is 2. The van der Waals surface area contributed by atoms with E-state index in [2.05, 4.69) is 98.9 Å². The lowest BCUT2D eigenvalue weighted by Gasteiger charge is -2.24. The van der Waals surface area contributed by atoms with E-state index in [0.717, 1.165) is 89.9 Å². The molecule has 0 saturated carbocycles. The molecule has 0 aliphatic heterocycles.